The monoisotopic (exact) mass is 154 g/mol. The van der Waals surface area contributed by atoms with Gasteiger partial charge in [-0.15, -0.1) is 0 Å². The van der Waals surface area contributed by atoms with E-state index >= 15 is 0 Å². The van der Waals surface area contributed by atoms with E-state index in [2.05, 4.69) is 22.0 Å². The molecule has 11 heavy (non-hydrogen) atoms. The first-order chi connectivity index (χ1) is 5.26. The summed E-state index contributed by atoms with van der Waals surface area (Å²) in [6.45, 7) is 5.58. The predicted molar refractivity (Wildman–Crippen MR) is 48.9 cm³/mol. The molecule has 0 amide bonds. The Bertz CT molecular complexity index is 181. The standard InChI is InChI=1S/C7H14N4/c1-6(10-3)7(4-8)11-5-9-2/h5,10H,2,4,8H2,1,3H3. The average Bonchev–Trinajstić information content (AvgIpc) is 2.05. The Balaban J connectivity index is 4.37. The first kappa shape index (κ1) is 9.84. The van der Waals surface area contributed by atoms with Crippen molar-refractivity contribution in [2.24, 2.45) is 15.7 Å². The number of nitrogens with zero attached hydrogens (tertiary/aromatic N) is 2. The lowest BCUT2D eigenvalue weighted by Gasteiger charge is -2.02. The summed E-state index contributed by atoms with van der Waals surface area (Å²) in [7, 11) is 1.82. The van der Waals surface area contributed by atoms with Crippen molar-refractivity contribution in [2.75, 3.05) is 13.6 Å². The van der Waals surface area contributed by atoms with Crippen LogP contribution in [0.4, 0.5) is 0 Å². The lowest BCUT2D eigenvalue weighted by Crippen LogP contribution is -2.11. The van der Waals surface area contributed by atoms with Gasteiger partial charge in [-0.25, -0.2) is 4.99 Å². The average molecular weight is 154 g/mol. The number of nitrogens with two attached hydrogens (primary N) is 1. The highest BCUT2D eigenvalue weighted by atomic mass is 14.9. The van der Waals surface area contributed by atoms with E-state index in [0.717, 1.165) is 11.4 Å². The molecule has 0 fully saturated rings. The summed E-state index contributed by atoms with van der Waals surface area (Å²) in [6, 6.07) is 0. The number of allylic oxidation sites excluding steroid dienone is 1. The van der Waals surface area contributed by atoms with E-state index in [1.165, 1.54) is 6.34 Å². The third-order valence-electron chi connectivity index (χ3n) is 1.30. The van der Waals surface area contributed by atoms with Crippen molar-refractivity contribution in [3.8, 4) is 0 Å². The van der Waals surface area contributed by atoms with Crippen molar-refractivity contribution in [2.45, 2.75) is 6.92 Å². The second-order valence-corrected chi connectivity index (χ2v) is 1.95. The van der Waals surface area contributed by atoms with Gasteiger partial charge in [-0.3, -0.25) is 4.99 Å². The molecule has 0 aliphatic rings. The summed E-state index contributed by atoms with van der Waals surface area (Å²) in [4.78, 5) is 7.45. The molecule has 0 aromatic rings. The Morgan fingerprint density at radius 3 is 2.73 bits per heavy atom. The van der Waals surface area contributed by atoms with Crippen molar-refractivity contribution in [3.63, 3.8) is 0 Å². The summed E-state index contributed by atoms with van der Waals surface area (Å²) in [5, 5.41) is 2.95. The lowest BCUT2D eigenvalue weighted by atomic mass is 10.3. The maximum absolute atomic E-state index is 5.42. The van der Waals surface area contributed by atoms with Gasteiger partial charge in [-0.05, 0) is 13.6 Å². The minimum atomic E-state index is 0.401. The molecule has 0 radical (unpaired) electrons. The summed E-state index contributed by atoms with van der Waals surface area (Å²) in [5.74, 6) is 0. The number of hydrogen-bond donors (Lipinski definition) is 2. The van der Waals surface area contributed by atoms with E-state index in [9.17, 15) is 0 Å². The fourth-order valence-electron chi connectivity index (χ4n) is 0.557. The molecule has 0 unspecified atom stereocenters. The molecule has 0 heterocycles. The zero-order valence-corrected chi connectivity index (χ0v) is 6.96. The van der Waals surface area contributed by atoms with Crippen LogP contribution in [0.3, 0.4) is 0 Å². The normalized spacial score (nSPS) is 13.0. The van der Waals surface area contributed by atoms with Crippen LogP contribution in [0.2, 0.25) is 0 Å². The number of aliphatic imine (C=N–C) groups is 2. The Morgan fingerprint density at radius 1 is 1.73 bits per heavy atom. The van der Waals surface area contributed by atoms with Gasteiger partial charge < -0.3 is 11.1 Å². The van der Waals surface area contributed by atoms with Crippen LogP contribution in [0.15, 0.2) is 21.4 Å². The quantitative estimate of drug-likeness (QED) is 0.446. The first-order valence-electron chi connectivity index (χ1n) is 3.32. The molecule has 0 aliphatic heterocycles. The minimum Gasteiger partial charge on any atom is -0.390 e. The van der Waals surface area contributed by atoms with Crippen LogP contribution in [0.1, 0.15) is 6.92 Å². The van der Waals surface area contributed by atoms with Gasteiger partial charge in [0.2, 0.25) is 0 Å². The van der Waals surface area contributed by atoms with E-state index in [1.54, 1.807) is 0 Å². The van der Waals surface area contributed by atoms with Crippen molar-refractivity contribution in [3.05, 3.63) is 11.4 Å². The van der Waals surface area contributed by atoms with Crippen LogP contribution in [-0.4, -0.2) is 26.6 Å². The Morgan fingerprint density at radius 2 is 2.36 bits per heavy atom. The van der Waals surface area contributed by atoms with Gasteiger partial charge in [-0.2, -0.15) is 0 Å². The second kappa shape index (κ2) is 5.61. The van der Waals surface area contributed by atoms with E-state index in [4.69, 9.17) is 5.73 Å². The van der Waals surface area contributed by atoms with Crippen molar-refractivity contribution in [1.29, 1.82) is 0 Å². The van der Waals surface area contributed by atoms with Gasteiger partial charge >= 0.3 is 0 Å². The molecule has 0 atom stereocenters. The summed E-state index contributed by atoms with van der Waals surface area (Å²) < 4.78 is 0. The maximum Gasteiger partial charge on any atom is 0.115 e. The topological polar surface area (TPSA) is 62.8 Å². The van der Waals surface area contributed by atoms with E-state index in [-0.39, 0.29) is 0 Å². The Hall–Kier alpha value is -1.16. The molecule has 62 valence electrons. The van der Waals surface area contributed by atoms with Gasteiger partial charge in [0.05, 0.1) is 5.70 Å². The Kier molecular flexibility index (Phi) is 5.02. The molecule has 0 saturated carbocycles. The third-order valence-corrected chi connectivity index (χ3v) is 1.30. The molecule has 0 bridgehead atoms. The maximum atomic E-state index is 5.42. The van der Waals surface area contributed by atoms with Gasteiger partial charge in [0, 0.05) is 19.3 Å². The zero-order valence-electron chi connectivity index (χ0n) is 6.96. The van der Waals surface area contributed by atoms with Crippen molar-refractivity contribution >= 4 is 13.1 Å². The zero-order chi connectivity index (χ0) is 8.69. The van der Waals surface area contributed by atoms with Crippen LogP contribution in [0.5, 0.6) is 0 Å². The second-order valence-electron chi connectivity index (χ2n) is 1.95. The first-order valence-corrected chi connectivity index (χ1v) is 3.32. The molecular formula is C7H14N4. The number of hydrogen-bond acceptors (Lipinski definition) is 3. The SMILES string of the molecule is C=NC=NC(CN)=C(C)NC. The van der Waals surface area contributed by atoms with Gasteiger partial charge in [0.25, 0.3) is 0 Å². The van der Waals surface area contributed by atoms with Crippen molar-refractivity contribution in [1.82, 2.24) is 5.32 Å². The Labute approximate surface area is 66.9 Å². The molecule has 0 spiro atoms. The fourth-order valence-corrected chi connectivity index (χ4v) is 0.557. The molecule has 3 N–H and O–H groups in total. The highest BCUT2D eigenvalue weighted by Crippen LogP contribution is 1.98. The summed E-state index contributed by atoms with van der Waals surface area (Å²) in [6.07, 6.45) is 1.38. The van der Waals surface area contributed by atoms with Gasteiger partial charge in [-0.1, -0.05) is 0 Å². The molecular weight excluding hydrogens is 140 g/mol. The smallest absolute Gasteiger partial charge is 0.115 e. The molecule has 0 saturated heterocycles. The summed E-state index contributed by atoms with van der Waals surface area (Å²) >= 11 is 0. The van der Waals surface area contributed by atoms with Crippen LogP contribution in [-0.2, 0) is 0 Å². The van der Waals surface area contributed by atoms with Crippen LogP contribution < -0.4 is 11.1 Å². The van der Waals surface area contributed by atoms with Crippen LogP contribution in [0, 0.1) is 0 Å². The largest absolute Gasteiger partial charge is 0.390 e. The molecule has 4 nitrogen and oxygen atoms in total. The lowest BCUT2D eigenvalue weighted by molar-refractivity contribution is 0.923. The molecule has 4 heteroatoms. The summed E-state index contributed by atoms with van der Waals surface area (Å²) in [5.41, 5.74) is 7.16. The van der Waals surface area contributed by atoms with Crippen LogP contribution in [0.25, 0.3) is 0 Å². The third kappa shape index (κ3) is 3.52. The van der Waals surface area contributed by atoms with Crippen molar-refractivity contribution < 1.29 is 0 Å². The predicted octanol–water partition coefficient (Wildman–Crippen LogP) is 0.125. The molecule has 0 aromatic heterocycles. The molecule has 0 aromatic carbocycles. The number of nitrogens with one attached hydrogen (secondary N) is 1. The minimum absolute atomic E-state index is 0.401. The molecule has 0 aliphatic carbocycles. The van der Waals surface area contributed by atoms with E-state index in [0.29, 0.717) is 6.54 Å². The fraction of sp³-hybridized carbons (Fsp3) is 0.429. The van der Waals surface area contributed by atoms with E-state index in [1.807, 2.05) is 14.0 Å². The molecule has 0 rings (SSSR count). The highest BCUT2D eigenvalue weighted by Gasteiger charge is 1.93. The highest BCUT2D eigenvalue weighted by molar-refractivity contribution is 5.63. The van der Waals surface area contributed by atoms with Gasteiger partial charge in [0.1, 0.15) is 6.34 Å². The number of rotatable bonds is 4. The van der Waals surface area contributed by atoms with Gasteiger partial charge in [0.15, 0.2) is 0 Å². The van der Waals surface area contributed by atoms with Crippen LogP contribution >= 0.6 is 0 Å². The van der Waals surface area contributed by atoms with E-state index < -0.39 is 0 Å².